The van der Waals surface area contributed by atoms with Crippen LogP contribution in [0.1, 0.15) is 26.7 Å². The van der Waals surface area contributed by atoms with Crippen molar-refractivity contribution in [2.75, 3.05) is 13.2 Å². The minimum absolute atomic E-state index is 0.141. The molecule has 0 bridgehead atoms. The van der Waals surface area contributed by atoms with Crippen molar-refractivity contribution in [3.63, 3.8) is 0 Å². The molecule has 0 amide bonds. The summed E-state index contributed by atoms with van der Waals surface area (Å²) in [6.45, 7) is 4.77. The third-order valence-electron chi connectivity index (χ3n) is 2.77. The molecule has 0 spiro atoms. The van der Waals surface area contributed by atoms with Crippen LogP contribution in [0.3, 0.4) is 0 Å². The molecule has 1 aliphatic rings. The van der Waals surface area contributed by atoms with Crippen molar-refractivity contribution in [2.45, 2.75) is 38.5 Å². The highest BCUT2D eigenvalue weighted by molar-refractivity contribution is 7.37. The van der Waals surface area contributed by atoms with Gasteiger partial charge < -0.3 is 4.74 Å². The molecule has 1 aliphatic heterocycles. The van der Waals surface area contributed by atoms with Gasteiger partial charge in [0.2, 0.25) is 0 Å². The number of ketones is 1. The quantitative estimate of drug-likeness (QED) is 0.551. The Bertz CT molecular complexity index is 293. The molecule has 0 aromatic carbocycles. The number of hydrogen-bond acceptors (Lipinski definition) is 4. The largest absolute Gasteiger partial charge is 0.465 e. The van der Waals surface area contributed by atoms with Crippen molar-refractivity contribution >= 4 is 26.3 Å². The van der Waals surface area contributed by atoms with E-state index >= 15 is 0 Å². The van der Waals surface area contributed by atoms with Gasteiger partial charge in [-0.2, -0.15) is 0 Å². The molecule has 0 radical (unpaired) electrons. The van der Waals surface area contributed by atoms with E-state index in [1.165, 1.54) is 0 Å². The monoisotopic (exact) mass is 243 g/mol. The van der Waals surface area contributed by atoms with Gasteiger partial charge in [-0.3, -0.25) is 14.5 Å². The van der Waals surface area contributed by atoms with Gasteiger partial charge >= 0.3 is 5.97 Å². The van der Waals surface area contributed by atoms with Crippen molar-refractivity contribution in [3.8, 4) is 0 Å². The van der Waals surface area contributed by atoms with Crippen LogP contribution in [-0.2, 0) is 14.3 Å². The van der Waals surface area contributed by atoms with Crippen LogP contribution in [0.4, 0.5) is 0 Å². The van der Waals surface area contributed by atoms with Gasteiger partial charge in [-0.1, -0.05) is 14.5 Å². The Morgan fingerprint density at radius 3 is 3.00 bits per heavy atom. The standard InChI is InChI=1S/C11H18NO3P/c1-4-15-11(14)10-7-9(13)5-6-12(10)8(2)16-3/h8,10H,3-7H2,1-2H3. The fourth-order valence-corrected chi connectivity index (χ4v) is 2.34. The van der Waals surface area contributed by atoms with E-state index in [1.807, 2.05) is 11.8 Å². The molecular weight excluding hydrogens is 225 g/mol. The number of Topliss-reactive ketones (excluding diaryl/α,β-unsaturated/α-hetero) is 1. The zero-order valence-corrected chi connectivity index (χ0v) is 10.7. The molecule has 0 aliphatic carbocycles. The molecule has 0 saturated carbocycles. The highest BCUT2D eigenvalue weighted by Crippen LogP contribution is 2.23. The lowest BCUT2D eigenvalue weighted by molar-refractivity contribution is -0.153. The molecule has 90 valence electrons. The first-order valence-electron chi connectivity index (χ1n) is 5.50. The van der Waals surface area contributed by atoms with Gasteiger partial charge in [0, 0.05) is 25.2 Å². The van der Waals surface area contributed by atoms with E-state index in [-0.39, 0.29) is 24.0 Å². The average molecular weight is 243 g/mol. The van der Waals surface area contributed by atoms with Crippen molar-refractivity contribution in [3.05, 3.63) is 0 Å². The molecule has 2 atom stereocenters. The SMILES string of the molecule is C=PC(C)N1CCC(=O)CC1C(=O)OCC. The van der Waals surface area contributed by atoms with Crippen LogP contribution in [0.25, 0.3) is 0 Å². The molecule has 4 nitrogen and oxygen atoms in total. The fraction of sp³-hybridized carbons (Fsp3) is 0.727. The van der Waals surface area contributed by atoms with Crippen LogP contribution in [-0.4, -0.2) is 47.9 Å². The molecule has 16 heavy (non-hydrogen) atoms. The second-order valence-corrected chi connectivity index (χ2v) is 4.93. The molecule has 0 N–H and O–H groups in total. The van der Waals surface area contributed by atoms with E-state index in [1.54, 1.807) is 6.92 Å². The number of carbonyl (C=O) groups excluding carboxylic acids is 2. The molecule has 1 heterocycles. The van der Waals surface area contributed by atoms with Crippen molar-refractivity contribution in [2.24, 2.45) is 0 Å². The van der Waals surface area contributed by atoms with Gasteiger partial charge in [0.1, 0.15) is 11.8 Å². The normalized spacial score (nSPS) is 24.4. The Hall–Kier alpha value is -0.730. The number of esters is 1. The van der Waals surface area contributed by atoms with Gasteiger partial charge in [-0.25, -0.2) is 0 Å². The molecular formula is C11H18NO3P. The van der Waals surface area contributed by atoms with Crippen LogP contribution in [0.2, 0.25) is 0 Å². The molecule has 1 rings (SSSR count). The van der Waals surface area contributed by atoms with Gasteiger partial charge in [0.05, 0.1) is 6.61 Å². The number of piperidine rings is 1. The minimum Gasteiger partial charge on any atom is -0.465 e. The second kappa shape index (κ2) is 6.12. The molecule has 1 fully saturated rings. The van der Waals surface area contributed by atoms with Crippen LogP contribution >= 0.6 is 8.20 Å². The topological polar surface area (TPSA) is 46.6 Å². The zero-order valence-electron chi connectivity index (χ0n) is 9.81. The van der Waals surface area contributed by atoms with Gasteiger partial charge in [0.15, 0.2) is 0 Å². The van der Waals surface area contributed by atoms with Crippen molar-refractivity contribution < 1.29 is 14.3 Å². The summed E-state index contributed by atoms with van der Waals surface area (Å²) in [6, 6.07) is -0.412. The predicted molar refractivity (Wildman–Crippen MR) is 64.9 cm³/mol. The molecule has 2 unspecified atom stereocenters. The third kappa shape index (κ3) is 3.13. The number of rotatable bonds is 4. The van der Waals surface area contributed by atoms with Gasteiger partial charge in [-0.15, -0.1) is 0 Å². The first kappa shape index (κ1) is 13.3. The third-order valence-corrected chi connectivity index (χ3v) is 3.60. The number of carbonyl (C=O) groups is 2. The summed E-state index contributed by atoms with van der Waals surface area (Å²) in [4.78, 5) is 25.1. The lowest BCUT2D eigenvalue weighted by atomic mass is 10.0. The molecule has 0 aromatic rings. The highest BCUT2D eigenvalue weighted by Gasteiger charge is 2.35. The van der Waals surface area contributed by atoms with Crippen LogP contribution in [0, 0.1) is 0 Å². The molecule has 1 saturated heterocycles. The summed E-state index contributed by atoms with van der Waals surface area (Å²) in [7, 11) is 0.960. The predicted octanol–water partition coefficient (Wildman–Crippen LogP) is 1.31. The van der Waals surface area contributed by atoms with E-state index in [0.29, 0.717) is 19.6 Å². The number of hydrogen-bond donors (Lipinski definition) is 0. The highest BCUT2D eigenvalue weighted by atomic mass is 31.1. The Morgan fingerprint density at radius 1 is 1.75 bits per heavy atom. The second-order valence-electron chi connectivity index (χ2n) is 3.81. The molecule has 5 heteroatoms. The zero-order chi connectivity index (χ0) is 12.1. The summed E-state index contributed by atoms with van der Waals surface area (Å²) in [5, 5.41) is 0. The van der Waals surface area contributed by atoms with Crippen LogP contribution in [0.5, 0.6) is 0 Å². The van der Waals surface area contributed by atoms with Gasteiger partial charge in [-0.05, 0) is 13.8 Å². The van der Waals surface area contributed by atoms with Crippen LogP contribution in [0.15, 0.2) is 0 Å². The maximum Gasteiger partial charge on any atom is 0.323 e. The van der Waals surface area contributed by atoms with Gasteiger partial charge in [0.25, 0.3) is 0 Å². The summed E-state index contributed by atoms with van der Waals surface area (Å²) >= 11 is 0. The lowest BCUT2D eigenvalue weighted by Crippen LogP contribution is -2.50. The number of likely N-dealkylation sites (tertiary alicyclic amines) is 1. The van der Waals surface area contributed by atoms with E-state index in [4.69, 9.17) is 4.74 Å². The van der Waals surface area contributed by atoms with E-state index in [0.717, 1.165) is 8.20 Å². The summed E-state index contributed by atoms with van der Waals surface area (Å²) in [5.74, 6) is 0.0378. The van der Waals surface area contributed by atoms with Crippen molar-refractivity contribution in [1.29, 1.82) is 0 Å². The maximum atomic E-state index is 11.7. The number of nitrogens with zero attached hydrogens (tertiary/aromatic N) is 1. The van der Waals surface area contributed by atoms with Crippen LogP contribution < -0.4 is 0 Å². The summed E-state index contributed by atoms with van der Waals surface area (Å²) < 4.78 is 5.00. The lowest BCUT2D eigenvalue weighted by Gasteiger charge is -2.35. The molecule has 0 aromatic heterocycles. The first-order valence-corrected chi connectivity index (χ1v) is 6.65. The summed E-state index contributed by atoms with van der Waals surface area (Å²) in [5.41, 5.74) is 0. The Morgan fingerprint density at radius 2 is 2.44 bits per heavy atom. The van der Waals surface area contributed by atoms with E-state index < -0.39 is 6.04 Å². The Kier molecular flexibility index (Phi) is 5.10. The first-order chi connectivity index (χ1) is 7.60. The maximum absolute atomic E-state index is 11.7. The Labute approximate surface area is 97.8 Å². The van der Waals surface area contributed by atoms with Crippen molar-refractivity contribution in [1.82, 2.24) is 4.90 Å². The smallest absolute Gasteiger partial charge is 0.323 e. The average Bonchev–Trinajstić information content (AvgIpc) is 2.28. The minimum atomic E-state index is -0.412. The summed E-state index contributed by atoms with van der Waals surface area (Å²) in [6.07, 6.45) is 4.61. The Balaban J connectivity index is 2.75. The fourth-order valence-electron chi connectivity index (χ4n) is 1.85. The van der Waals surface area contributed by atoms with E-state index in [2.05, 4.69) is 6.30 Å². The number of ether oxygens (including phenoxy) is 1. The van der Waals surface area contributed by atoms with E-state index in [9.17, 15) is 9.59 Å².